The predicted octanol–water partition coefficient (Wildman–Crippen LogP) is 5.73. The highest BCUT2D eigenvalue weighted by Gasteiger charge is 2.10. The summed E-state index contributed by atoms with van der Waals surface area (Å²) < 4.78 is 5.94. The molecule has 5 nitrogen and oxygen atoms in total. The van der Waals surface area contributed by atoms with Gasteiger partial charge in [-0.3, -0.25) is 0 Å². The first-order valence-electron chi connectivity index (χ1n) is 8.46. The number of rotatable bonds is 6. The quantitative estimate of drug-likeness (QED) is 0.381. The highest BCUT2D eigenvalue weighted by atomic mass is 79.9. The van der Waals surface area contributed by atoms with Gasteiger partial charge in [-0.05, 0) is 43.3 Å². The molecule has 1 aromatic heterocycles. The predicted molar refractivity (Wildman–Crippen MR) is 115 cm³/mol. The number of ether oxygens (including phenoxy) is 1. The van der Waals surface area contributed by atoms with Crippen LogP contribution in [0.3, 0.4) is 0 Å². The topological polar surface area (TPSA) is 75.0 Å². The van der Waals surface area contributed by atoms with Crippen molar-refractivity contribution < 1.29 is 9.53 Å². The van der Waals surface area contributed by atoms with Gasteiger partial charge < -0.3 is 10.1 Å². The summed E-state index contributed by atoms with van der Waals surface area (Å²) in [6.45, 7) is 2.10. The minimum atomic E-state index is -0.356. The summed E-state index contributed by atoms with van der Waals surface area (Å²) in [5.41, 5.74) is 3.47. The number of thiazole rings is 1. The van der Waals surface area contributed by atoms with Crippen LogP contribution < -0.4 is 5.32 Å². The number of benzene rings is 2. The Morgan fingerprint density at radius 1 is 1.32 bits per heavy atom. The van der Waals surface area contributed by atoms with Crippen molar-refractivity contribution in [3.8, 4) is 17.3 Å². The van der Waals surface area contributed by atoms with Crippen LogP contribution in [-0.4, -0.2) is 17.6 Å². The molecule has 140 valence electrons. The summed E-state index contributed by atoms with van der Waals surface area (Å²) in [4.78, 5) is 16.3. The molecule has 0 aliphatic heterocycles. The van der Waals surface area contributed by atoms with Crippen molar-refractivity contribution in [1.29, 1.82) is 5.26 Å². The Balaban J connectivity index is 1.74. The smallest absolute Gasteiger partial charge is 0.338 e. The molecular weight excluding hydrogens is 438 g/mol. The maximum atomic E-state index is 11.7. The van der Waals surface area contributed by atoms with E-state index in [1.54, 1.807) is 37.4 Å². The molecule has 0 saturated heterocycles. The molecule has 0 spiro atoms. The molecule has 0 saturated carbocycles. The van der Waals surface area contributed by atoms with Crippen molar-refractivity contribution >= 4 is 44.5 Å². The highest BCUT2D eigenvalue weighted by molar-refractivity contribution is 9.10. The fourth-order valence-corrected chi connectivity index (χ4v) is 3.59. The van der Waals surface area contributed by atoms with Crippen LogP contribution in [0.1, 0.15) is 22.3 Å². The Morgan fingerprint density at radius 2 is 2.11 bits per heavy atom. The number of esters is 1. The Kier molecular flexibility index (Phi) is 6.58. The SMILES string of the molecule is CCOC(=O)c1ccc(N/C=C(/C#N)c2nc(-c3cccc(Br)c3)cs2)cc1. The number of nitriles is 1. The van der Waals surface area contributed by atoms with Gasteiger partial charge in [0.05, 0.1) is 17.9 Å². The zero-order valence-electron chi connectivity index (χ0n) is 15.0. The molecule has 0 unspecified atom stereocenters. The second kappa shape index (κ2) is 9.31. The van der Waals surface area contributed by atoms with E-state index in [-0.39, 0.29) is 5.97 Å². The van der Waals surface area contributed by atoms with E-state index in [0.29, 0.717) is 22.8 Å². The summed E-state index contributed by atoms with van der Waals surface area (Å²) in [5, 5.41) is 15.1. The zero-order chi connectivity index (χ0) is 19.9. The van der Waals surface area contributed by atoms with Crippen molar-refractivity contribution in [2.24, 2.45) is 0 Å². The lowest BCUT2D eigenvalue weighted by Gasteiger charge is -2.04. The number of hydrogen-bond acceptors (Lipinski definition) is 6. The average molecular weight is 454 g/mol. The molecule has 2 aromatic carbocycles. The monoisotopic (exact) mass is 453 g/mol. The normalized spacial score (nSPS) is 11.0. The average Bonchev–Trinajstić information content (AvgIpc) is 3.19. The minimum absolute atomic E-state index is 0.336. The third kappa shape index (κ3) is 4.85. The largest absolute Gasteiger partial charge is 0.462 e. The number of carbonyl (C=O) groups excluding carboxylic acids is 1. The van der Waals surface area contributed by atoms with Gasteiger partial charge in [0.25, 0.3) is 0 Å². The standard InChI is InChI=1S/C21H16BrN3O2S/c1-2-27-21(26)14-6-8-18(9-7-14)24-12-16(11-23)20-25-19(13-28-20)15-4-3-5-17(22)10-15/h3-10,12-13,24H,2H2,1H3/b16-12-. The van der Waals surface area contributed by atoms with E-state index in [9.17, 15) is 10.1 Å². The fourth-order valence-electron chi connectivity index (χ4n) is 2.39. The van der Waals surface area contributed by atoms with E-state index in [4.69, 9.17) is 4.74 Å². The number of allylic oxidation sites excluding steroid dienone is 1. The molecule has 3 rings (SSSR count). The van der Waals surface area contributed by atoms with Crippen LogP contribution in [0.25, 0.3) is 16.8 Å². The van der Waals surface area contributed by atoms with Crippen LogP contribution in [0, 0.1) is 11.3 Å². The van der Waals surface area contributed by atoms with Gasteiger partial charge in [0.15, 0.2) is 0 Å². The molecule has 0 fully saturated rings. The van der Waals surface area contributed by atoms with E-state index in [1.165, 1.54) is 11.3 Å². The summed E-state index contributed by atoms with van der Waals surface area (Å²) in [5.74, 6) is -0.356. The van der Waals surface area contributed by atoms with Crippen molar-refractivity contribution in [3.05, 3.63) is 75.2 Å². The van der Waals surface area contributed by atoms with E-state index < -0.39 is 0 Å². The zero-order valence-corrected chi connectivity index (χ0v) is 17.4. The molecule has 28 heavy (non-hydrogen) atoms. The Bertz CT molecular complexity index is 1050. The number of hydrogen-bond donors (Lipinski definition) is 1. The first-order chi connectivity index (χ1) is 13.6. The molecule has 1 heterocycles. The summed E-state index contributed by atoms with van der Waals surface area (Å²) in [6, 6.07) is 16.9. The molecule has 1 N–H and O–H groups in total. The van der Waals surface area contributed by atoms with E-state index >= 15 is 0 Å². The van der Waals surface area contributed by atoms with E-state index in [2.05, 4.69) is 32.3 Å². The van der Waals surface area contributed by atoms with Gasteiger partial charge in [-0.2, -0.15) is 5.26 Å². The first kappa shape index (κ1) is 19.8. The maximum absolute atomic E-state index is 11.7. The van der Waals surface area contributed by atoms with Gasteiger partial charge in [0.2, 0.25) is 0 Å². The minimum Gasteiger partial charge on any atom is -0.462 e. The van der Waals surface area contributed by atoms with Crippen molar-refractivity contribution in [1.82, 2.24) is 4.98 Å². The summed E-state index contributed by atoms with van der Waals surface area (Å²) >= 11 is 4.87. The fraction of sp³-hybridized carbons (Fsp3) is 0.0952. The lowest BCUT2D eigenvalue weighted by Crippen LogP contribution is -2.04. The third-order valence-corrected chi connectivity index (χ3v) is 5.12. The Labute approximate surface area is 175 Å². The molecular formula is C21H16BrN3O2S. The van der Waals surface area contributed by atoms with Crippen molar-refractivity contribution in [2.75, 3.05) is 11.9 Å². The first-order valence-corrected chi connectivity index (χ1v) is 10.1. The Hall–Kier alpha value is -2.95. The van der Waals surface area contributed by atoms with Crippen LogP contribution in [0.15, 0.2) is 64.6 Å². The van der Waals surface area contributed by atoms with Gasteiger partial charge in [-0.25, -0.2) is 9.78 Å². The Morgan fingerprint density at radius 3 is 2.79 bits per heavy atom. The van der Waals surface area contributed by atoms with Crippen LogP contribution in [-0.2, 0) is 4.74 Å². The van der Waals surface area contributed by atoms with Crippen molar-refractivity contribution in [2.45, 2.75) is 6.92 Å². The lowest BCUT2D eigenvalue weighted by atomic mass is 10.2. The van der Waals surface area contributed by atoms with Crippen molar-refractivity contribution in [3.63, 3.8) is 0 Å². The number of aromatic nitrogens is 1. The lowest BCUT2D eigenvalue weighted by molar-refractivity contribution is 0.0526. The number of carbonyl (C=O) groups is 1. The molecule has 3 aromatic rings. The van der Waals surface area contributed by atoms with Crippen LogP contribution in [0.5, 0.6) is 0 Å². The molecule has 0 amide bonds. The molecule has 0 aliphatic carbocycles. The van der Waals surface area contributed by atoms with Crippen LogP contribution in [0.4, 0.5) is 5.69 Å². The van der Waals surface area contributed by atoms with Crippen LogP contribution in [0.2, 0.25) is 0 Å². The number of halogens is 1. The summed E-state index contributed by atoms with van der Waals surface area (Å²) in [7, 11) is 0. The van der Waals surface area contributed by atoms with Gasteiger partial charge in [-0.15, -0.1) is 11.3 Å². The van der Waals surface area contributed by atoms with Crippen LogP contribution >= 0.6 is 27.3 Å². The second-order valence-corrected chi connectivity index (χ2v) is 7.43. The second-order valence-electron chi connectivity index (χ2n) is 5.66. The molecule has 0 radical (unpaired) electrons. The maximum Gasteiger partial charge on any atom is 0.338 e. The molecule has 0 bridgehead atoms. The number of anilines is 1. The number of nitrogens with zero attached hydrogens (tertiary/aromatic N) is 2. The molecule has 7 heteroatoms. The van der Waals surface area contributed by atoms with Gasteiger partial charge in [0, 0.05) is 27.3 Å². The van der Waals surface area contributed by atoms with Gasteiger partial charge in [-0.1, -0.05) is 28.1 Å². The van der Waals surface area contributed by atoms with Gasteiger partial charge >= 0.3 is 5.97 Å². The highest BCUT2D eigenvalue weighted by Crippen LogP contribution is 2.27. The van der Waals surface area contributed by atoms with Gasteiger partial charge in [0.1, 0.15) is 16.6 Å². The molecule has 0 atom stereocenters. The van der Waals surface area contributed by atoms with E-state index in [0.717, 1.165) is 21.4 Å². The van der Waals surface area contributed by atoms with E-state index in [1.807, 2.05) is 29.6 Å². The molecule has 0 aliphatic rings. The number of nitrogens with one attached hydrogen (secondary N) is 1. The third-order valence-electron chi connectivity index (χ3n) is 3.75. The summed E-state index contributed by atoms with van der Waals surface area (Å²) in [6.07, 6.45) is 1.61.